The third-order valence-electron chi connectivity index (χ3n) is 7.54. The van der Waals surface area contributed by atoms with E-state index in [2.05, 4.69) is 49.3 Å². The number of likely N-dealkylation sites (N-methyl/N-ethyl adjacent to an activating group) is 1. The Hall–Kier alpha value is -4.99. The first-order valence-electron chi connectivity index (χ1n) is 13.8. The molecule has 1 aliphatic rings. The highest BCUT2D eigenvalue weighted by atomic mass is 35.5. The molecule has 10 heteroatoms. The highest BCUT2D eigenvalue weighted by molar-refractivity contribution is 6.34. The Kier molecular flexibility index (Phi) is 7.91. The van der Waals surface area contributed by atoms with Crippen LogP contribution in [0.1, 0.15) is 31.8 Å². The number of pyridine rings is 1. The molecule has 3 N–H and O–H groups in total. The summed E-state index contributed by atoms with van der Waals surface area (Å²) >= 11 is 6.09. The standard InChI is InChI=1S/C33H29ClN6O3/c1-39-13-15-40(16-14-39)25-8-6-23(7-9-25)36-19-28-26-10-5-22(18-30(26)38-33(28)43)31(41)21-3-2-4-24(17-21)37-32(42)27-11-12-35-20-29(27)34/h2-12,17-20,38,43H,13-16H2,1H3,(H,37,42). The quantitative estimate of drug-likeness (QED) is 0.160. The summed E-state index contributed by atoms with van der Waals surface area (Å²) in [4.78, 5) is 42.1. The lowest BCUT2D eigenvalue weighted by molar-refractivity contribution is 0.102. The number of nitrogens with one attached hydrogen (secondary N) is 2. The van der Waals surface area contributed by atoms with Crippen molar-refractivity contribution in [2.24, 2.45) is 4.99 Å². The van der Waals surface area contributed by atoms with Crippen molar-refractivity contribution in [2.75, 3.05) is 43.4 Å². The van der Waals surface area contributed by atoms with Gasteiger partial charge in [0, 0.05) is 78.2 Å². The molecular weight excluding hydrogens is 564 g/mol. The number of aromatic nitrogens is 2. The van der Waals surface area contributed by atoms with Gasteiger partial charge in [0.25, 0.3) is 5.91 Å². The minimum Gasteiger partial charge on any atom is -0.494 e. The Bertz CT molecular complexity index is 1840. The van der Waals surface area contributed by atoms with Crippen LogP contribution >= 0.6 is 11.6 Å². The van der Waals surface area contributed by atoms with E-state index in [4.69, 9.17) is 11.6 Å². The molecule has 6 rings (SSSR count). The third-order valence-corrected chi connectivity index (χ3v) is 7.84. The first-order chi connectivity index (χ1) is 20.9. The van der Waals surface area contributed by atoms with Crippen molar-refractivity contribution in [3.8, 4) is 5.88 Å². The highest BCUT2D eigenvalue weighted by Crippen LogP contribution is 2.29. The number of carbonyl (C=O) groups is 2. The number of H-pyrrole nitrogens is 1. The number of carbonyl (C=O) groups excluding carboxylic acids is 2. The number of ketones is 1. The molecule has 1 amide bonds. The van der Waals surface area contributed by atoms with Gasteiger partial charge in [0.1, 0.15) is 0 Å². The van der Waals surface area contributed by atoms with Gasteiger partial charge in [-0.15, -0.1) is 0 Å². The smallest absolute Gasteiger partial charge is 0.257 e. The maximum absolute atomic E-state index is 13.4. The normalized spacial score (nSPS) is 14.0. The van der Waals surface area contributed by atoms with E-state index in [0.29, 0.717) is 27.9 Å². The fraction of sp³-hybridized carbons (Fsp3) is 0.152. The fourth-order valence-electron chi connectivity index (χ4n) is 5.09. The van der Waals surface area contributed by atoms with Crippen molar-refractivity contribution >= 4 is 57.5 Å². The van der Waals surface area contributed by atoms with Gasteiger partial charge in [-0.2, -0.15) is 0 Å². The van der Waals surface area contributed by atoms with Gasteiger partial charge in [0.2, 0.25) is 0 Å². The SMILES string of the molecule is CN1CCN(c2ccc(N=Cc3c(O)[nH]c4cc(C(=O)c5cccc(NC(=O)c6ccncc6Cl)c5)ccc34)cc2)CC1. The second kappa shape index (κ2) is 12.1. The summed E-state index contributed by atoms with van der Waals surface area (Å²) in [5.74, 6) is -0.665. The number of piperazine rings is 1. The predicted octanol–water partition coefficient (Wildman–Crippen LogP) is 5.91. The third kappa shape index (κ3) is 6.13. The molecular formula is C33H29ClN6O3. The van der Waals surface area contributed by atoms with E-state index in [-0.39, 0.29) is 22.2 Å². The van der Waals surface area contributed by atoms with Crippen LogP contribution in [0, 0.1) is 0 Å². The zero-order valence-corrected chi connectivity index (χ0v) is 24.2. The largest absolute Gasteiger partial charge is 0.494 e. The van der Waals surface area contributed by atoms with Crippen LogP contribution in [0.4, 0.5) is 17.1 Å². The lowest BCUT2D eigenvalue weighted by atomic mass is 10.0. The Morgan fingerprint density at radius 1 is 1.00 bits per heavy atom. The van der Waals surface area contributed by atoms with Gasteiger partial charge in [-0.05, 0) is 55.6 Å². The summed E-state index contributed by atoms with van der Waals surface area (Å²) in [5.41, 5.74) is 4.66. The molecule has 0 atom stereocenters. The van der Waals surface area contributed by atoms with Gasteiger partial charge in [-0.1, -0.05) is 35.9 Å². The zero-order valence-electron chi connectivity index (χ0n) is 23.4. The van der Waals surface area contributed by atoms with Gasteiger partial charge in [-0.3, -0.25) is 19.6 Å². The zero-order chi connectivity index (χ0) is 29.9. The van der Waals surface area contributed by atoms with Crippen molar-refractivity contribution in [2.45, 2.75) is 0 Å². The summed E-state index contributed by atoms with van der Waals surface area (Å²) in [6.07, 6.45) is 4.51. The maximum atomic E-state index is 13.4. The number of anilines is 2. The average Bonchev–Trinajstić information content (AvgIpc) is 3.34. The van der Waals surface area contributed by atoms with Crippen LogP contribution in [-0.2, 0) is 0 Å². The molecule has 0 radical (unpaired) electrons. The number of benzene rings is 3. The van der Waals surface area contributed by atoms with Crippen LogP contribution in [0.15, 0.2) is 90.2 Å². The molecule has 0 unspecified atom stereocenters. The monoisotopic (exact) mass is 592 g/mol. The van der Waals surface area contributed by atoms with Gasteiger partial charge in [-0.25, -0.2) is 0 Å². The van der Waals surface area contributed by atoms with Gasteiger partial charge < -0.3 is 25.2 Å². The van der Waals surface area contributed by atoms with E-state index in [0.717, 1.165) is 37.3 Å². The number of rotatable bonds is 7. The Morgan fingerprint density at radius 3 is 2.53 bits per heavy atom. The number of amides is 1. The van der Waals surface area contributed by atoms with Crippen molar-refractivity contribution in [1.82, 2.24) is 14.9 Å². The van der Waals surface area contributed by atoms with Crippen LogP contribution < -0.4 is 10.2 Å². The lowest BCUT2D eigenvalue weighted by Crippen LogP contribution is -2.44. The van der Waals surface area contributed by atoms with Gasteiger partial charge in [0.05, 0.1) is 21.8 Å². The molecule has 1 saturated heterocycles. The number of fused-ring (bicyclic) bond motifs is 1. The molecule has 0 saturated carbocycles. The molecule has 1 aliphatic heterocycles. The average molecular weight is 593 g/mol. The first-order valence-corrected chi connectivity index (χ1v) is 14.2. The molecule has 9 nitrogen and oxygen atoms in total. The minimum absolute atomic E-state index is 0.0307. The highest BCUT2D eigenvalue weighted by Gasteiger charge is 2.17. The summed E-state index contributed by atoms with van der Waals surface area (Å²) in [7, 11) is 2.14. The molecule has 0 spiro atoms. The number of nitrogens with zero attached hydrogens (tertiary/aromatic N) is 4. The molecule has 5 aromatic rings. The molecule has 216 valence electrons. The molecule has 43 heavy (non-hydrogen) atoms. The van der Waals surface area contributed by atoms with Crippen molar-refractivity contribution in [3.05, 3.63) is 112 Å². The second-order valence-electron chi connectivity index (χ2n) is 10.4. The Balaban J connectivity index is 1.17. The topological polar surface area (TPSA) is 114 Å². The molecule has 0 bridgehead atoms. The number of aromatic amines is 1. The number of aromatic hydroxyl groups is 1. The van der Waals surface area contributed by atoms with Crippen LogP contribution in [0.25, 0.3) is 10.9 Å². The molecule has 1 fully saturated rings. The summed E-state index contributed by atoms with van der Waals surface area (Å²) in [5, 5.41) is 14.4. The number of hydrogen-bond donors (Lipinski definition) is 3. The molecule has 2 aromatic heterocycles. The summed E-state index contributed by atoms with van der Waals surface area (Å²) in [6.45, 7) is 4.08. The van der Waals surface area contributed by atoms with E-state index in [9.17, 15) is 14.7 Å². The summed E-state index contributed by atoms with van der Waals surface area (Å²) < 4.78 is 0. The predicted molar refractivity (Wildman–Crippen MR) is 170 cm³/mol. The summed E-state index contributed by atoms with van der Waals surface area (Å²) in [6, 6.07) is 21.5. The molecule has 3 aromatic carbocycles. The van der Waals surface area contributed by atoms with Crippen LogP contribution in [0.3, 0.4) is 0 Å². The first kappa shape index (κ1) is 28.1. The van der Waals surface area contributed by atoms with Crippen LogP contribution in [0.5, 0.6) is 5.88 Å². The van der Waals surface area contributed by atoms with Crippen LogP contribution in [0.2, 0.25) is 5.02 Å². The Labute approximate surface area is 253 Å². The van der Waals surface area contributed by atoms with E-state index in [1.54, 1.807) is 48.7 Å². The van der Waals surface area contributed by atoms with Crippen molar-refractivity contribution in [1.29, 1.82) is 0 Å². The number of halogens is 1. The van der Waals surface area contributed by atoms with E-state index >= 15 is 0 Å². The Morgan fingerprint density at radius 2 is 1.77 bits per heavy atom. The van der Waals surface area contributed by atoms with Crippen molar-refractivity contribution in [3.63, 3.8) is 0 Å². The number of hydrogen-bond acceptors (Lipinski definition) is 7. The molecule has 0 aliphatic carbocycles. The van der Waals surface area contributed by atoms with Gasteiger partial charge >= 0.3 is 0 Å². The van der Waals surface area contributed by atoms with E-state index in [1.165, 1.54) is 24.1 Å². The number of aliphatic imine (C=N–C) groups is 1. The van der Waals surface area contributed by atoms with E-state index in [1.807, 2.05) is 12.1 Å². The maximum Gasteiger partial charge on any atom is 0.257 e. The lowest BCUT2D eigenvalue weighted by Gasteiger charge is -2.34. The molecule has 3 heterocycles. The second-order valence-corrected chi connectivity index (χ2v) is 10.8. The van der Waals surface area contributed by atoms with Crippen LogP contribution in [-0.4, -0.2) is 71.1 Å². The van der Waals surface area contributed by atoms with E-state index < -0.39 is 5.91 Å². The van der Waals surface area contributed by atoms with Crippen molar-refractivity contribution < 1.29 is 14.7 Å². The fourth-order valence-corrected chi connectivity index (χ4v) is 5.30. The minimum atomic E-state index is -0.402. The van der Waals surface area contributed by atoms with Gasteiger partial charge in [0.15, 0.2) is 11.7 Å².